The van der Waals surface area contributed by atoms with Crippen molar-refractivity contribution in [2.24, 2.45) is 5.73 Å². The van der Waals surface area contributed by atoms with Crippen LogP contribution >= 0.6 is 0 Å². The van der Waals surface area contributed by atoms with Gasteiger partial charge in [0, 0.05) is 6.08 Å². The van der Waals surface area contributed by atoms with Gasteiger partial charge in [-0.25, -0.2) is 0 Å². The molecule has 0 bridgehead atoms. The zero-order chi connectivity index (χ0) is 17.5. The zero-order valence-corrected chi connectivity index (χ0v) is 13.4. The molecular weight excluding hydrogens is 308 g/mol. The lowest BCUT2D eigenvalue weighted by molar-refractivity contribution is -0.111. The van der Waals surface area contributed by atoms with Crippen molar-refractivity contribution in [1.82, 2.24) is 0 Å². The molecule has 2 aromatic carbocycles. The first-order chi connectivity index (χ1) is 11.5. The predicted molar refractivity (Wildman–Crippen MR) is 92.2 cm³/mol. The van der Waals surface area contributed by atoms with Crippen LogP contribution in [0.3, 0.4) is 0 Å². The quantitative estimate of drug-likeness (QED) is 0.798. The van der Waals surface area contributed by atoms with E-state index in [0.29, 0.717) is 17.2 Å². The number of primary amides is 1. The lowest BCUT2D eigenvalue weighted by Crippen LogP contribution is -2.16. The molecule has 6 heteroatoms. The van der Waals surface area contributed by atoms with E-state index in [4.69, 9.17) is 15.2 Å². The third-order valence-electron chi connectivity index (χ3n) is 3.29. The first-order valence-corrected chi connectivity index (χ1v) is 7.15. The van der Waals surface area contributed by atoms with Crippen LogP contribution in [0.25, 0.3) is 6.08 Å². The number of carbonyl (C=O) groups is 2. The van der Waals surface area contributed by atoms with E-state index in [1.165, 1.54) is 6.08 Å². The number of nitrogens with one attached hydrogen (secondary N) is 1. The molecule has 0 saturated carbocycles. The van der Waals surface area contributed by atoms with Crippen molar-refractivity contribution in [2.45, 2.75) is 0 Å². The fourth-order valence-electron chi connectivity index (χ4n) is 2.11. The molecule has 0 saturated heterocycles. The molecule has 0 aliphatic carbocycles. The van der Waals surface area contributed by atoms with Crippen LogP contribution in [-0.2, 0) is 4.79 Å². The smallest absolute Gasteiger partial charge is 0.250 e. The summed E-state index contributed by atoms with van der Waals surface area (Å²) < 4.78 is 10.4. The van der Waals surface area contributed by atoms with Gasteiger partial charge in [-0.05, 0) is 35.9 Å². The molecule has 0 unspecified atom stereocenters. The summed E-state index contributed by atoms with van der Waals surface area (Å²) in [6.07, 6.45) is 2.99. The number of para-hydroxylation sites is 1. The molecule has 2 rings (SSSR count). The summed E-state index contributed by atoms with van der Waals surface area (Å²) in [6, 6.07) is 11.8. The van der Waals surface area contributed by atoms with Gasteiger partial charge < -0.3 is 20.5 Å². The first kappa shape index (κ1) is 17.1. The van der Waals surface area contributed by atoms with Crippen molar-refractivity contribution in [3.8, 4) is 11.5 Å². The summed E-state index contributed by atoms with van der Waals surface area (Å²) in [4.78, 5) is 23.4. The van der Waals surface area contributed by atoms with E-state index in [9.17, 15) is 9.59 Å². The summed E-state index contributed by atoms with van der Waals surface area (Å²) in [5.41, 5.74) is 6.67. The molecule has 124 valence electrons. The number of amides is 2. The SMILES string of the molecule is COc1ccc(C=CC(=O)Nc2ccccc2C(N)=O)cc1OC. The Morgan fingerprint density at radius 2 is 1.75 bits per heavy atom. The van der Waals surface area contributed by atoms with Gasteiger partial charge in [-0.2, -0.15) is 0 Å². The van der Waals surface area contributed by atoms with E-state index < -0.39 is 5.91 Å². The maximum Gasteiger partial charge on any atom is 0.250 e. The Bertz CT molecular complexity index is 784. The molecule has 6 nitrogen and oxygen atoms in total. The maximum absolute atomic E-state index is 12.0. The van der Waals surface area contributed by atoms with Gasteiger partial charge in [-0.15, -0.1) is 0 Å². The van der Waals surface area contributed by atoms with E-state index in [-0.39, 0.29) is 11.5 Å². The fraction of sp³-hybridized carbons (Fsp3) is 0.111. The van der Waals surface area contributed by atoms with Gasteiger partial charge in [-0.3, -0.25) is 9.59 Å². The molecule has 2 amide bonds. The molecule has 2 aromatic rings. The highest BCUT2D eigenvalue weighted by Crippen LogP contribution is 2.28. The minimum atomic E-state index is -0.602. The third-order valence-corrected chi connectivity index (χ3v) is 3.29. The van der Waals surface area contributed by atoms with Crippen LogP contribution in [0.15, 0.2) is 48.5 Å². The summed E-state index contributed by atoms with van der Waals surface area (Å²) in [7, 11) is 3.09. The average Bonchev–Trinajstić information content (AvgIpc) is 2.59. The van der Waals surface area contributed by atoms with E-state index in [2.05, 4.69) is 5.32 Å². The number of nitrogens with two attached hydrogens (primary N) is 1. The maximum atomic E-state index is 12.0. The average molecular weight is 326 g/mol. The second-order valence-corrected chi connectivity index (χ2v) is 4.85. The van der Waals surface area contributed by atoms with E-state index in [0.717, 1.165) is 5.56 Å². The Balaban J connectivity index is 2.13. The van der Waals surface area contributed by atoms with Crippen molar-refractivity contribution in [1.29, 1.82) is 0 Å². The largest absolute Gasteiger partial charge is 0.493 e. The van der Waals surface area contributed by atoms with Gasteiger partial charge >= 0.3 is 0 Å². The van der Waals surface area contributed by atoms with E-state index in [1.54, 1.807) is 62.8 Å². The van der Waals surface area contributed by atoms with Crippen molar-refractivity contribution in [3.05, 3.63) is 59.7 Å². The Labute approximate surface area is 139 Å². The minimum absolute atomic E-state index is 0.255. The van der Waals surface area contributed by atoms with Gasteiger partial charge in [0.1, 0.15) is 0 Å². The molecule has 3 N–H and O–H groups in total. The lowest BCUT2D eigenvalue weighted by Gasteiger charge is -2.08. The number of ether oxygens (including phenoxy) is 2. The number of benzene rings is 2. The number of rotatable bonds is 6. The Morgan fingerprint density at radius 3 is 2.42 bits per heavy atom. The van der Waals surface area contributed by atoms with Gasteiger partial charge in [0.05, 0.1) is 25.5 Å². The molecular formula is C18H18N2O4. The summed E-state index contributed by atoms with van der Waals surface area (Å²) in [6.45, 7) is 0. The molecule has 0 spiro atoms. The van der Waals surface area contributed by atoms with Gasteiger partial charge in [0.25, 0.3) is 5.91 Å². The van der Waals surface area contributed by atoms with Crippen LogP contribution in [0.1, 0.15) is 15.9 Å². The lowest BCUT2D eigenvalue weighted by atomic mass is 10.1. The molecule has 24 heavy (non-hydrogen) atoms. The highest BCUT2D eigenvalue weighted by molar-refractivity contribution is 6.07. The second kappa shape index (κ2) is 7.82. The van der Waals surface area contributed by atoms with Crippen molar-refractivity contribution < 1.29 is 19.1 Å². The number of hydrogen-bond donors (Lipinski definition) is 2. The predicted octanol–water partition coefficient (Wildman–Crippen LogP) is 2.45. The van der Waals surface area contributed by atoms with Crippen molar-refractivity contribution in [2.75, 3.05) is 19.5 Å². The number of anilines is 1. The molecule has 0 aromatic heterocycles. The Hall–Kier alpha value is -3.28. The third kappa shape index (κ3) is 4.13. The summed E-state index contributed by atoms with van der Waals surface area (Å²) >= 11 is 0. The van der Waals surface area contributed by atoms with Crippen molar-refractivity contribution >= 4 is 23.6 Å². The molecule has 0 fully saturated rings. The number of carbonyl (C=O) groups excluding carboxylic acids is 2. The molecule has 0 atom stereocenters. The normalized spacial score (nSPS) is 10.4. The van der Waals surface area contributed by atoms with Gasteiger partial charge in [0.15, 0.2) is 11.5 Å². The van der Waals surface area contributed by atoms with Gasteiger partial charge in [0.2, 0.25) is 5.91 Å². The zero-order valence-electron chi connectivity index (χ0n) is 13.4. The monoisotopic (exact) mass is 326 g/mol. The minimum Gasteiger partial charge on any atom is -0.493 e. The van der Waals surface area contributed by atoms with Crippen LogP contribution in [0.5, 0.6) is 11.5 Å². The van der Waals surface area contributed by atoms with Gasteiger partial charge in [-0.1, -0.05) is 18.2 Å². The molecule has 0 radical (unpaired) electrons. The Morgan fingerprint density at radius 1 is 1.04 bits per heavy atom. The standard InChI is InChI=1S/C18H18N2O4/c1-23-15-9-7-12(11-16(15)24-2)8-10-17(21)20-14-6-4-3-5-13(14)18(19)22/h3-11H,1-2H3,(H2,19,22)(H,20,21). The van der Waals surface area contributed by atoms with E-state index >= 15 is 0 Å². The highest BCUT2D eigenvalue weighted by Gasteiger charge is 2.08. The van der Waals surface area contributed by atoms with Crippen LogP contribution in [0.4, 0.5) is 5.69 Å². The second-order valence-electron chi connectivity index (χ2n) is 4.85. The van der Waals surface area contributed by atoms with E-state index in [1.807, 2.05) is 0 Å². The molecule has 0 aliphatic heterocycles. The Kier molecular flexibility index (Phi) is 5.57. The molecule has 0 aliphatic rings. The topological polar surface area (TPSA) is 90.6 Å². The van der Waals surface area contributed by atoms with Crippen molar-refractivity contribution in [3.63, 3.8) is 0 Å². The number of methoxy groups -OCH3 is 2. The first-order valence-electron chi connectivity index (χ1n) is 7.15. The van der Waals surface area contributed by atoms with Crippen LogP contribution < -0.4 is 20.5 Å². The highest BCUT2D eigenvalue weighted by atomic mass is 16.5. The summed E-state index contributed by atoms with van der Waals surface area (Å²) in [5.74, 6) is 0.196. The summed E-state index contributed by atoms with van der Waals surface area (Å²) in [5, 5.41) is 2.63. The van der Waals surface area contributed by atoms with Crippen LogP contribution in [-0.4, -0.2) is 26.0 Å². The van der Waals surface area contributed by atoms with Crippen LogP contribution in [0.2, 0.25) is 0 Å². The van der Waals surface area contributed by atoms with Crippen LogP contribution in [0, 0.1) is 0 Å². The molecule has 0 heterocycles. The fourth-order valence-corrected chi connectivity index (χ4v) is 2.11. The number of hydrogen-bond acceptors (Lipinski definition) is 4.